The molecule has 1 aliphatic heterocycles. The number of hydrogen-bond donors (Lipinski definition) is 0. The zero-order chi connectivity index (χ0) is 23.5. The van der Waals surface area contributed by atoms with Gasteiger partial charge >= 0.3 is 0 Å². The summed E-state index contributed by atoms with van der Waals surface area (Å²) in [4.78, 5) is 30.9. The number of hydrogen-bond acceptors (Lipinski definition) is 4. The fraction of sp³-hybridized carbons (Fsp3) is 0.214. The summed E-state index contributed by atoms with van der Waals surface area (Å²) in [6, 6.07) is 23.0. The van der Waals surface area contributed by atoms with Gasteiger partial charge in [0.05, 0.1) is 18.4 Å². The molecule has 0 saturated carbocycles. The molecule has 0 spiro atoms. The Morgan fingerprint density at radius 1 is 0.879 bits per heavy atom. The van der Waals surface area contributed by atoms with E-state index in [1.165, 1.54) is 4.90 Å². The van der Waals surface area contributed by atoms with Gasteiger partial charge in [0.2, 0.25) is 0 Å². The van der Waals surface area contributed by atoms with Crippen LogP contribution in [0.2, 0.25) is 0 Å². The summed E-state index contributed by atoms with van der Waals surface area (Å²) in [5.74, 6) is -0.0472. The van der Waals surface area contributed by atoms with Crippen molar-refractivity contribution in [3.63, 3.8) is 0 Å². The van der Waals surface area contributed by atoms with Crippen molar-refractivity contribution in [2.75, 3.05) is 18.6 Å². The SMILES string of the molecule is CCN(Cc1ccccc1)C1=C(c2ccc(C)cc2C)C(=O)N(c2cccc(OC)c2)C1=O. The molecule has 0 aliphatic carbocycles. The molecule has 0 fully saturated rings. The summed E-state index contributed by atoms with van der Waals surface area (Å²) in [7, 11) is 1.57. The molecule has 3 aromatic rings. The predicted molar refractivity (Wildman–Crippen MR) is 131 cm³/mol. The highest BCUT2D eigenvalue weighted by atomic mass is 16.5. The molecule has 0 radical (unpaired) electrons. The minimum Gasteiger partial charge on any atom is -0.497 e. The highest BCUT2D eigenvalue weighted by molar-refractivity contribution is 6.45. The number of rotatable bonds is 7. The second-order valence-electron chi connectivity index (χ2n) is 8.19. The van der Waals surface area contributed by atoms with Crippen molar-refractivity contribution in [1.82, 2.24) is 4.90 Å². The molecule has 1 heterocycles. The molecule has 5 heteroatoms. The zero-order valence-corrected chi connectivity index (χ0v) is 19.5. The van der Waals surface area contributed by atoms with Crippen molar-refractivity contribution in [3.05, 3.63) is 101 Å². The second kappa shape index (κ2) is 9.33. The molecule has 0 aromatic heterocycles. The van der Waals surface area contributed by atoms with Crippen LogP contribution in [0.4, 0.5) is 5.69 Å². The van der Waals surface area contributed by atoms with Crippen molar-refractivity contribution < 1.29 is 14.3 Å². The first-order chi connectivity index (χ1) is 15.9. The molecule has 5 nitrogen and oxygen atoms in total. The van der Waals surface area contributed by atoms with E-state index in [1.807, 2.05) is 74.2 Å². The maximum Gasteiger partial charge on any atom is 0.282 e. The normalized spacial score (nSPS) is 13.6. The lowest BCUT2D eigenvalue weighted by atomic mass is 9.97. The van der Waals surface area contributed by atoms with Gasteiger partial charge in [0.15, 0.2) is 0 Å². The van der Waals surface area contributed by atoms with Crippen LogP contribution < -0.4 is 9.64 Å². The van der Waals surface area contributed by atoms with Crippen LogP contribution in [0, 0.1) is 13.8 Å². The number of methoxy groups -OCH3 is 1. The first-order valence-corrected chi connectivity index (χ1v) is 11.1. The number of aryl methyl sites for hydroxylation is 2. The summed E-state index contributed by atoms with van der Waals surface area (Å²) >= 11 is 0. The molecular formula is C28H28N2O3. The molecule has 0 N–H and O–H groups in total. The Kier molecular flexibility index (Phi) is 6.31. The highest BCUT2D eigenvalue weighted by Gasteiger charge is 2.42. The van der Waals surface area contributed by atoms with Crippen molar-refractivity contribution in [2.24, 2.45) is 0 Å². The number of likely N-dealkylation sites (N-methyl/N-ethyl adjacent to an activating group) is 1. The van der Waals surface area contributed by atoms with E-state index in [2.05, 4.69) is 0 Å². The lowest BCUT2D eigenvalue weighted by Gasteiger charge is -2.25. The molecule has 1 aliphatic rings. The number of carbonyl (C=O) groups excluding carboxylic acids is 2. The molecule has 0 bridgehead atoms. The third kappa shape index (κ3) is 4.27. The van der Waals surface area contributed by atoms with Gasteiger partial charge in [0.1, 0.15) is 11.4 Å². The molecule has 0 unspecified atom stereocenters. The van der Waals surface area contributed by atoms with Gasteiger partial charge in [-0.3, -0.25) is 9.59 Å². The summed E-state index contributed by atoms with van der Waals surface area (Å²) in [5, 5.41) is 0. The molecule has 2 amide bonds. The number of amides is 2. The van der Waals surface area contributed by atoms with Gasteiger partial charge in [-0.05, 0) is 49.6 Å². The zero-order valence-electron chi connectivity index (χ0n) is 19.5. The van der Waals surface area contributed by atoms with Crippen LogP contribution in [0.5, 0.6) is 5.75 Å². The Balaban J connectivity index is 1.87. The van der Waals surface area contributed by atoms with Gasteiger partial charge in [-0.15, -0.1) is 0 Å². The van der Waals surface area contributed by atoms with E-state index in [0.717, 1.165) is 22.3 Å². The van der Waals surface area contributed by atoms with Crippen molar-refractivity contribution in [1.29, 1.82) is 0 Å². The first-order valence-electron chi connectivity index (χ1n) is 11.1. The average molecular weight is 441 g/mol. The van der Waals surface area contributed by atoms with Gasteiger partial charge in [0.25, 0.3) is 11.8 Å². The number of ether oxygens (including phenoxy) is 1. The molecule has 168 valence electrons. The second-order valence-corrected chi connectivity index (χ2v) is 8.19. The minimum atomic E-state index is -0.319. The lowest BCUT2D eigenvalue weighted by molar-refractivity contribution is -0.120. The number of imide groups is 1. The number of benzene rings is 3. The van der Waals surface area contributed by atoms with Gasteiger partial charge < -0.3 is 9.64 Å². The molecule has 33 heavy (non-hydrogen) atoms. The monoisotopic (exact) mass is 440 g/mol. The summed E-state index contributed by atoms with van der Waals surface area (Å²) < 4.78 is 5.33. The summed E-state index contributed by atoms with van der Waals surface area (Å²) in [5.41, 5.74) is 5.30. The maximum absolute atomic E-state index is 13.8. The third-order valence-electron chi connectivity index (χ3n) is 5.94. The van der Waals surface area contributed by atoms with E-state index < -0.39 is 0 Å². The van der Waals surface area contributed by atoms with Crippen molar-refractivity contribution >= 4 is 23.1 Å². The fourth-order valence-electron chi connectivity index (χ4n) is 4.29. The Morgan fingerprint density at radius 2 is 1.64 bits per heavy atom. The standard InChI is InChI=1S/C28H28N2O3/c1-5-29(18-21-10-7-6-8-11-21)26-25(24-15-14-19(2)16-20(24)3)27(31)30(28(26)32)22-12-9-13-23(17-22)33-4/h6-17H,5,18H2,1-4H3. The Bertz CT molecular complexity index is 1230. The Morgan fingerprint density at radius 3 is 2.30 bits per heavy atom. The number of nitrogens with zero attached hydrogens (tertiary/aromatic N) is 2. The third-order valence-corrected chi connectivity index (χ3v) is 5.94. The summed E-state index contributed by atoms with van der Waals surface area (Å²) in [6.07, 6.45) is 0. The van der Waals surface area contributed by atoms with E-state index in [-0.39, 0.29) is 11.8 Å². The smallest absolute Gasteiger partial charge is 0.282 e. The fourth-order valence-corrected chi connectivity index (χ4v) is 4.29. The first kappa shape index (κ1) is 22.3. The highest BCUT2D eigenvalue weighted by Crippen LogP contribution is 2.37. The van der Waals surface area contributed by atoms with Crippen LogP contribution in [-0.2, 0) is 16.1 Å². The van der Waals surface area contributed by atoms with Gasteiger partial charge in [-0.2, -0.15) is 0 Å². The molecule has 3 aromatic carbocycles. The quantitative estimate of drug-likeness (QED) is 0.479. The van der Waals surface area contributed by atoms with E-state index in [4.69, 9.17) is 4.74 Å². The Labute approximate surface area is 194 Å². The predicted octanol–water partition coefficient (Wildman–Crippen LogP) is 5.12. The minimum absolute atomic E-state index is 0.318. The van der Waals surface area contributed by atoms with Crippen LogP contribution in [0.15, 0.2) is 78.5 Å². The molecule has 0 atom stereocenters. The maximum atomic E-state index is 13.8. The van der Waals surface area contributed by atoms with Crippen LogP contribution in [0.3, 0.4) is 0 Å². The molecule has 0 saturated heterocycles. The van der Waals surface area contributed by atoms with Crippen LogP contribution in [0.1, 0.15) is 29.2 Å². The molecular weight excluding hydrogens is 412 g/mol. The van der Waals surface area contributed by atoms with E-state index in [1.54, 1.807) is 31.4 Å². The van der Waals surface area contributed by atoms with Gasteiger partial charge in [0, 0.05) is 19.2 Å². The van der Waals surface area contributed by atoms with Crippen LogP contribution in [0.25, 0.3) is 5.57 Å². The lowest BCUT2D eigenvalue weighted by Crippen LogP contribution is -2.35. The van der Waals surface area contributed by atoms with E-state index in [9.17, 15) is 9.59 Å². The van der Waals surface area contributed by atoms with Gasteiger partial charge in [-0.25, -0.2) is 4.90 Å². The van der Waals surface area contributed by atoms with Gasteiger partial charge in [-0.1, -0.05) is 60.2 Å². The van der Waals surface area contributed by atoms with Crippen molar-refractivity contribution in [2.45, 2.75) is 27.3 Å². The Hall–Kier alpha value is -3.86. The number of carbonyl (C=O) groups is 2. The van der Waals surface area contributed by atoms with Crippen LogP contribution in [-0.4, -0.2) is 30.4 Å². The summed E-state index contributed by atoms with van der Waals surface area (Å²) in [6.45, 7) is 7.12. The largest absolute Gasteiger partial charge is 0.497 e. The number of anilines is 1. The van der Waals surface area contributed by atoms with E-state index in [0.29, 0.717) is 35.8 Å². The average Bonchev–Trinajstić information content (AvgIpc) is 3.08. The topological polar surface area (TPSA) is 49.9 Å². The van der Waals surface area contributed by atoms with E-state index >= 15 is 0 Å². The van der Waals surface area contributed by atoms with Crippen molar-refractivity contribution in [3.8, 4) is 5.75 Å². The molecule has 4 rings (SSSR count). The van der Waals surface area contributed by atoms with Crippen LogP contribution >= 0.6 is 0 Å².